The molecule has 3 aromatic rings. The Morgan fingerprint density at radius 1 is 0.968 bits per heavy atom. The number of nitro groups is 1. The predicted octanol–water partition coefficient (Wildman–Crippen LogP) is 3.96. The molecule has 0 amide bonds. The van der Waals surface area contributed by atoms with Gasteiger partial charge in [0.2, 0.25) is 17.8 Å². The first-order valence-corrected chi connectivity index (χ1v) is 10.0. The van der Waals surface area contributed by atoms with Crippen molar-refractivity contribution < 1.29 is 4.92 Å². The van der Waals surface area contributed by atoms with E-state index in [0.717, 1.165) is 31.6 Å². The summed E-state index contributed by atoms with van der Waals surface area (Å²) in [5.74, 6) is 1.28. The van der Waals surface area contributed by atoms with Crippen molar-refractivity contribution in [2.45, 2.75) is 19.3 Å². The Balaban J connectivity index is 1.55. The van der Waals surface area contributed by atoms with Gasteiger partial charge in [0.1, 0.15) is 0 Å². The van der Waals surface area contributed by atoms with Crippen LogP contribution in [0.3, 0.4) is 0 Å². The number of benzene rings is 2. The Morgan fingerprint density at radius 3 is 2.52 bits per heavy atom. The standard InChI is InChI=1S/C21H22N8O2/c30-29(31)18-11-7-8-16(14-18)15-22-27-20-24-19(23-17-9-3-1-4-10-17)25-21(26-20)28-12-5-2-6-13-28/h1,3-4,7-11,14-15H,2,5-6,12-13H2,(H2,23,24,25,26,27)/b22-15+. The van der Waals surface area contributed by atoms with Crippen molar-refractivity contribution in [2.75, 3.05) is 28.7 Å². The minimum absolute atomic E-state index is 0.00541. The van der Waals surface area contributed by atoms with Gasteiger partial charge in [0.25, 0.3) is 5.69 Å². The molecule has 2 aromatic carbocycles. The van der Waals surface area contributed by atoms with Crippen molar-refractivity contribution in [3.05, 3.63) is 70.3 Å². The van der Waals surface area contributed by atoms with Gasteiger partial charge in [-0.25, -0.2) is 5.43 Å². The van der Waals surface area contributed by atoms with E-state index in [-0.39, 0.29) is 11.6 Å². The Hall–Kier alpha value is -4.08. The average Bonchev–Trinajstić information content (AvgIpc) is 2.80. The van der Waals surface area contributed by atoms with Crippen molar-refractivity contribution in [1.82, 2.24) is 15.0 Å². The quantitative estimate of drug-likeness (QED) is 0.336. The Kier molecular flexibility index (Phi) is 6.26. The summed E-state index contributed by atoms with van der Waals surface area (Å²) in [4.78, 5) is 26.1. The average molecular weight is 418 g/mol. The van der Waals surface area contributed by atoms with E-state index in [4.69, 9.17) is 0 Å². The summed E-state index contributed by atoms with van der Waals surface area (Å²) < 4.78 is 0. The van der Waals surface area contributed by atoms with Crippen LogP contribution < -0.4 is 15.6 Å². The van der Waals surface area contributed by atoms with Gasteiger partial charge in [-0.15, -0.1) is 0 Å². The van der Waals surface area contributed by atoms with E-state index in [1.54, 1.807) is 12.1 Å². The summed E-state index contributed by atoms with van der Waals surface area (Å²) in [6.07, 6.45) is 4.89. The molecule has 1 fully saturated rings. The van der Waals surface area contributed by atoms with Gasteiger partial charge in [0.05, 0.1) is 11.1 Å². The molecule has 0 saturated carbocycles. The van der Waals surface area contributed by atoms with Crippen LogP contribution in [-0.2, 0) is 0 Å². The summed E-state index contributed by atoms with van der Waals surface area (Å²) in [5, 5.41) is 18.3. The summed E-state index contributed by atoms with van der Waals surface area (Å²) in [6, 6.07) is 15.9. The lowest BCUT2D eigenvalue weighted by Gasteiger charge is -2.26. The smallest absolute Gasteiger partial charge is 0.270 e. The summed E-state index contributed by atoms with van der Waals surface area (Å²) in [6.45, 7) is 1.79. The molecular weight excluding hydrogens is 396 g/mol. The number of piperidine rings is 1. The number of rotatable bonds is 7. The molecule has 0 atom stereocenters. The van der Waals surface area contributed by atoms with Crippen LogP contribution in [0.2, 0.25) is 0 Å². The number of hydrogen-bond acceptors (Lipinski definition) is 9. The number of hydrazone groups is 1. The molecule has 2 heterocycles. The molecule has 1 aromatic heterocycles. The maximum Gasteiger partial charge on any atom is 0.270 e. The number of nitrogens with one attached hydrogen (secondary N) is 2. The third-order valence-corrected chi connectivity index (χ3v) is 4.75. The lowest BCUT2D eigenvalue weighted by atomic mass is 10.1. The van der Waals surface area contributed by atoms with E-state index in [2.05, 4.69) is 35.7 Å². The van der Waals surface area contributed by atoms with Crippen LogP contribution in [0.15, 0.2) is 59.7 Å². The molecule has 1 aliphatic heterocycles. The van der Waals surface area contributed by atoms with Crippen LogP contribution in [0.4, 0.5) is 29.2 Å². The normalized spacial score (nSPS) is 13.9. The topological polar surface area (TPSA) is 121 Å². The fourth-order valence-corrected chi connectivity index (χ4v) is 3.24. The maximum absolute atomic E-state index is 10.9. The molecule has 2 N–H and O–H groups in total. The monoisotopic (exact) mass is 418 g/mol. The molecule has 4 rings (SSSR count). The van der Waals surface area contributed by atoms with Crippen LogP contribution in [0, 0.1) is 10.1 Å². The molecular formula is C21H22N8O2. The van der Waals surface area contributed by atoms with Crippen molar-refractivity contribution in [2.24, 2.45) is 5.10 Å². The third-order valence-electron chi connectivity index (χ3n) is 4.75. The molecule has 0 unspecified atom stereocenters. The first-order valence-electron chi connectivity index (χ1n) is 10.0. The second kappa shape index (κ2) is 9.61. The molecule has 10 nitrogen and oxygen atoms in total. The number of anilines is 4. The van der Waals surface area contributed by atoms with E-state index < -0.39 is 4.92 Å². The first kappa shape index (κ1) is 20.2. The summed E-state index contributed by atoms with van der Waals surface area (Å²) in [5.41, 5.74) is 4.28. The zero-order valence-corrected chi connectivity index (χ0v) is 16.8. The molecule has 10 heteroatoms. The third kappa shape index (κ3) is 5.50. The van der Waals surface area contributed by atoms with E-state index in [1.165, 1.54) is 24.8 Å². The SMILES string of the molecule is O=[N+]([O-])c1cccc(/C=N/Nc2nc(Nc3ccccc3)nc(N3CCCCC3)n2)c1. The van der Waals surface area contributed by atoms with Gasteiger partial charge >= 0.3 is 0 Å². The van der Waals surface area contributed by atoms with E-state index in [1.807, 2.05) is 30.3 Å². The number of nitrogens with zero attached hydrogens (tertiary/aromatic N) is 6. The highest BCUT2D eigenvalue weighted by molar-refractivity contribution is 5.81. The highest BCUT2D eigenvalue weighted by Crippen LogP contribution is 2.20. The van der Waals surface area contributed by atoms with Crippen LogP contribution in [0.25, 0.3) is 0 Å². The first-order chi connectivity index (χ1) is 15.2. The Bertz CT molecular complexity index is 1070. The number of aromatic nitrogens is 3. The van der Waals surface area contributed by atoms with Gasteiger partial charge in [0.15, 0.2) is 0 Å². The lowest BCUT2D eigenvalue weighted by molar-refractivity contribution is -0.384. The van der Waals surface area contributed by atoms with Gasteiger partial charge in [-0.05, 0) is 31.4 Å². The summed E-state index contributed by atoms with van der Waals surface area (Å²) >= 11 is 0. The van der Waals surface area contributed by atoms with Crippen LogP contribution in [0.5, 0.6) is 0 Å². The highest BCUT2D eigenvalue weighted by Gasteiger charge is 2.16. The van der Waals surface area contributed by atoms with E-state index >= 15 is 0 Å². The van der Waals surface area contributed by atoms with Crippen molar-refractivity contribution >= 4 is 35.4 Å². The van der Waals surface area contributed by atoms with Gasteiger partial charge in [-0.2, -0.15) is 20.1 Å². The lowest BCUT2D eigenvalue weighted by Crippen LogP contribution is -2.31. The molecule has 0 spiro atoms. The maximum atomic E-state index is 10.9. The van der Waals surface area contributed by atoms with Crippen LogP contribution in [0.1, 0.15) is 24.8 Å². The van der Waals surface area contributed by atoms with Crippen molar-refractivity contribution in [3.8, 4) is 0 Å². The Morgan fingerprint density at radius 2 is 1.74 bits per heavy atom. The number of hydrogen-bond donors (Lipinski definition) is 2. The van der Waals surface area contributed by atoms with Gasteiger partial charge in [-0.1, -0.05) is 30.3 Å². The second-order valence-corrected chi connectivity index (χ2v) is 7.04. The number of para-hydroxylation sites is 1. The number of non-ortho nitro benzene ring substituents is 1. The molecule has 1 aliphatic rings. The van der Waals surface area contributed by atoms with Crippen molar-refractivity contribution in [3.63, 3.8) is 0 Å². The molecule has 0 radical (unpaired) electrons. The minimum Gasteiger partial charge on any atom is -0.341 e. The van der Waals surface area contributed by atoms with Crippen LogP contribution in [-0.4, -0.2) is 39.2 Å². The highest BCUT2D eigenvalue weighted by atomic mass is 16.6. The molecule has 1 saturated heterocycles. The van der Waals surface area contributed by atoms with Gasteiger partial charge < -0.3 is 10.2 Å². The largest absolute Gasteiger partial charge is 0.341 e. The fraction of sp³-hybridized carbons (Fsp3) is 0.238. The van der Waals surface area contributed by atoms with Gasteiger partial charge in [0, 0.05) is 36.5 Å². The van der Waals surface area contributed by atoms with Crippen molar-refractivity contribution in [1.29, 1.82) is 0 Å². The predicted molar refractivity (Wildman–Crippen MR) is 120 cm³/mol. The molecule has 0 aliphatic carbocycles. The second-order valence-electron chi connectivity index (χ2n) is 7.04. The van der Waals surface area contributed by atoms with E-state index in [0.29, 0.717) is 17.5 Å². The van der Waals surface area contributed by atoms with E-state index in [9.17, 15) is 10.1 Å². The van der Waals surface area contributed by atoms with Crippen LogP contribution >= 0.6 is 0 Å². The number of nitro benzene ring substituents is 1. The zero-order chi connectivity index (χ0) is 21.5. The Labute approximate surface area is 179 Å². The molecule has 158 valence electrons. The molecule has 31 heavy (non-hydrogen) atoms. The summed E-state index contributed by atoms with van der Waals surface area (Å²) in [7, 11) is 0. The fourth-order valence-electron chi connectivity index (χ4n) is 3.24. The molecule has 0 bridgehead atoms. The minimum atomic E-state index is -0.441. The van der Waals surface area contributed by atoms with Gasteiger partial charge in [-0.3, -0.25) is 10.1 Å². The zero-order valence-electron chi connectivity index (χ0n) is 16.8.